The van der Waals surface area contributed by atoms with Crippen LogP contribution in [0.15, 0.2) is 62.2 Å². The van der Waals surface area contributed by atoms with Crippen molar-refractivity contribution in [2.45, 2.75) is 12.8 Å². The van der Waals surface area contributed by atoms with E-state index in [0.717, 1.165) is 0 Å². The number of carbonyl (C=O) groups excluding carboxylic acids is 1. The molecule has 0 fully saturated rings. The largest absolute Gasteiger partial charge is 0.496 e. The molecule has 0 saturated heterocycles. The van der Waals surface area contributed by atoms with E-state index in [1.807, 2.05) is 12.1 Å². The van der Waals surface area contributed by atoms with E-state index in [-0.39, 0.29) is 35.0 Å². The number of hydrogen-bond acceptors (Lipinski definition) is 9. The first-order chi connectivity index (χ1) is 17.5. The lowest BCUT2D eigenvalue weighted by atomic mass is 9.86. The molecule has 4 aromatic rings. The maximum Gasteiger partial charge on any atom is 0.362 e. The molecular formula is C26H23N3O7. The van der Waals surface area contributed by atoms with Gasteiger partial charge >= 0.3 is 11.6 Å². The standard InChI is InChI=1S/C26H23N3O7/c1-4-34-25(31)20-19(15-10-6-8-12-18(15)33-3)21-23(36-26(27)28-21)29-16(24(30)35-22(20)29)13-14-9-5-7-11-17(14)32-2/h5-13,19H,4H2,1-3H3,(H2,27,28)/b16-13+. The lowest BCUT2D eigenvalue weighted by molar-refractivity contribution is -0.136. The molecule has 0 radical (unpaired) electrons. The number of nitrogen functional groups attached to an aromatic ring is 1. The number of methoxy groups -OCH3 is 2. The summed E-state index contributed by atoms with van der Waals surface area (Å²) < 4.78 is 29.2. The Morgan fingerprint density at radius 2 is 1.78 bits per heavy atom. The van der Waals surface area contributed by atoms with Crippen LogP contribution in [0.3, 0.4) is 0 Å². The summed E-state index contributed by atoms with van der Waals surface area (Å²) in [5.41, 5.74) is 6.84. The van der Waals surface area contributed by atoms with Gasteiger partial charge in [-0.1, -0.05) is 36.4 Å². The summed E-state index contributed by atoms with van der Waals surface area (Å²) in [4.78, 5) is 30.9. The molecule has 2 N–H and O–H groups in total. The molecule has 10 heteroatoms. The molecule has 1 aliphatic rings. The average molecular weight is 489 g/mol. The number of esters is 1. The number of fused-ring (bicyclic) bond motifs is 3. The first-order valence-electron chi connectivity index (χ1n) is 11.2. The fraction of sp³-hybridized carbons (Fsp3) is 0.192. The molecule has 0 amide bonds. The molecule has 1 aliphatic heterocycles. The zero-order valence-corrected chi connectivity index (χ0v) is 19.8. The number of nitrogens with zero attached hydrogens (tertiary/aromatic N) is 2. The maximum absolute atomic E-state index is 13.3. The summed E-state index contributed by atoms with van der Waals surface area (Å²) in [6, 6.07) is 14.2. The minimum absolute atomic E-state index is 0.0424. The number of ether oxygens (including phenoxy) is 3. The summed E-state index contributed by atoms with van der Waals surface area (Å²) in [7, 11) is 3.05. The molecule has 1 atom stereocenters. The van der Waals surface area contributed by atoms with Crippen molar-refractivity contribution >= 4 is 23.6 Å². The molecule has 2 aromatic heterocycles. The van der Waals surface area contributed by atoms with Crippen LogP contribution in [0.1, 0.15) is 29.7 Å². The van der Waals surface area contributed by atoms with Gasteiger partial charge in [0.1, 0.15) is 28.1 Å². The van der Waals surface area contributed by atoms with Gasteiger partial charge < -0.3 is 28.8 Å². The minimum Gasteiger partial charge on any atom is -0.496 e. The number of aromatic nitrogens is 2. The van der Waals surface area contributed by atoms with Crippen LogP contribution in [0, 0.1) is 0 Å². The Bertz CT molecular complexity index is 1640. The third kappa shape index (κ3) is 3.63. The SMILES string of the molecule is CCOC(=O)C1=c2oc(=O)/c(=C\c3ccccc3OC)n2-c2oc(N)nc2C1c1ccccc1OC. The summed E-state index contributed by atoms with van der Waals surface area (Å²) >= 11 is 0. The van der Waals surface area contributed by atoms with Gasteiger partial charge in [0.15, 0.2) is 0 Å². The van der Waals surface area contributed by atoms with Crippen molar-refractivity contribution in [2.24, 2.45) is 0 Å². The van der Waals surface area contributed by atoms with E-state index in [2.05, 4.69) is 4.98 Å². The Hall–Kier alpha value is -4.73. The topological polar surface area (TPSA) is 132 Å². The predicted molar refractivity (Wildman–Crippen MR) is 129 cm³/mol. The van der Waals surface area contributed by atoms with Crippen molar-refractivity contribution in [2.75, 3.05) is 26.6 Å². The Morgan fingerprint density at radius 1 is 1.08 bits per heavy atom. The fourth-order valence-electron chi connectivity index (χ4n) is 4.39. The number of hydrogen-bond donors (Lipinski definition) is 1. The maximum atomic E-state index is 13.3. The average Bonchev–Trinajstić information content (AvgIpc) is 3.42. The summed E-state index contributed by atoms with van der Waals surface area (Å²) in [6.07, 6.45) is 1.59. The number of oxazole rings is 2. The highest BCUT2D eigenvalue weighted by Gasteiger charge is 2.40. The molecule has 0 bridgehead atoms. The second-order valence-corrected chi connectivity index (χ2v) is 7.85. The molecule has 0 spiro atoms. The van der Waals surface area contributed by atoms with Crippen LogP contribution in [-0.2, 0) is 9.53 Å². The van der Waals surface area contributed by atoms with Gasteiger partial charge in [-0.25, -0.2) is 14.2 Å². The van der Waals surface area contributed by atoms with Crippen molar-refractivity contribution in [3.63, 3.8) is 0 Å². The first-order valence-corrected chi connectivity index (χ1v) is 11.2. The second kappa shape index (κ2) is 9.14. The number of rotatable bonds is 6. The van der Waals surface area contributed by atoms with Gasteiger partial charge in [0, 0.05) is 11.1 Å². The van der Waals surface area contributed by atoms with Crippen molar-refractivity contribution in [1.82, 2.24) is 9.55 Å². The normalized spacial score (nSPS) is 14.8. The minimum atomic E-state index is -0.832. The highest BCUT2D eigenvalue weighted by Crippen LogP contribution is 2.42. The quantitative estimate of drug-likeness (QED) is 0.402. The Morgan fingerprint density at radius 3 is 2.50 bits per heavy atom. The first kappa shape index (κ1) is 23.0. The Balaban J connectivity index is 1.93. The number of para-hydroxylation sites is 2. The fourth-order valence-corrected chi connectivity index (χ4v) is 4.39. The zero-order valence-electron chi connectivity index (χ0n) is 19.8. The third-order valence-electron chi connectivity index (χ3n) is 5.87. The van der Waals surface area contributed by atoms with Crippen molar-refractivity contribution in [1.29, 1.82) is 0 Å². The van der Waals surface area contributed by atoms with E-state index >= 15 is 0 Å². The van der Waals surface area contributed by atoms with Gasteiger partial charge in [-0.15, -0.1) is 0 Å². The molecule has 1 unspecified atom stereocenters. The monoisotopic (exact) mass is 489 g/mol. The molecule has 10 nitrogen and oxygen atoms in total. The van der Waals surface area contributed by atoms with E-state index in [9.17, 15) is 9.59 Å². The van der Waals surface area contributed by atoms with Crippen LogP contribution in [0.5, 0.6) is 11.5 Å². The second-order valence-electron chi connectivity index (χ2n) is 7.85. The van der Waals surface area contributed by atoms with Gasteiger partial charge in [-0.05, 0) is 25.1 Å². The van der Waals surface area contributed by atoms with Crippen molar-refractivity contribution < 1.29 is 27.8 Å². The van der Waals surface area contributed by atoms with Gasteiger partial charge in [-0.2, -0.15) is 4.98 Å². The van der Waals surface area contributed by atoms with Crippen LogP contribution in [-0.4, -0.2) is 36.3 Å². The third-order valence-corrected chi connectivity index (χ3v) is 5.87. The molecular weight excluding hydrogens is 466 g/mol. The van der Waals surface area contributed by atoms with E-state index < -0.39 is 17.5 Å². The zero-order chi connectivity index (χ0) is 25.4. The lowest BCUT2D eigenvalue weighted by Crippen LogP contribution is -2.37. The number of benzene rings is 2. The molecule has 2 aromatic carbocycles. The van der Waals surface area contributed by atoms with Gasteiger partial charge in [-0.3, -0.25) is 0 Å². The van der Waals surface area contributed by atoms with Crippen LogP contribution in [0.2, 0.25) is 0 Å². The van der Waals surface area contributed by atoms with Gasteiger partial charge in [0.2, 0.25) is 11.4 Å². The Labute approximate surface area is 204 Å². The van der Waals surface area contributed by atoms with Gasteiger partial charge in [0.05, 0.1) is 26.7 Å². The predicted octanol–water partition coefficient (Wildman–Crippen LogP) is 1.71. The smallest absolute Gasteiger partial charge is 0.362 e. The summed E-state index contributed by atoms with van der Waals surface area (Å²) in [5, 5.41) is 0.0900. The number of anilines is 1. The van der Waals surface area contributed by atoms with Crippen molar-refractivity contribution in [3.8, 4) is 17.4 Å². The van der Waals surface area contributed by atoms with Crippen molar-refractivity contribution in [3.05, 3.63) is 86.7 Å². The van der Waals surface area contributed by atoms with E-state index in [4.69, 9.17) is 28.8 Å². The van der Waals surface area contributed by atoms with E-state index in [1.165, 1.54) is 18.8 Å². The number of nitrogens with two attached hydrogens (primary N) is 1. The molecule has 5 rings (SSSR count). The van der Waals surface area contributed by atoms with Crippen LogP contribution in [0.25, 0.3) is 17.5 Å². The van der Waals surface area contributed by atoms with E-state index in [0.29, 0.717) is 28.3 Å². The molecule has 0 aliphatic carbocycles. The van der Waals surface area contributed by atoms with Crippen LogP contribution >= 0.6 is 0 Å². The highest BCUT2D eigenvalue weighted by atomic mass is 16.5. The molecule has 184 valence electrons. The number of carbonyl (C=O) groups is 1. The van der Waals surface area contributed by atoms with Gasteiger partial charge in [0.25, 0.3) is 6.01 Å². The molecule has 0 saturated carbocycles. The Kier molecular flexibility index (Phi) is 5.85. The van der Waals surface area contributed by atoms with Crippen LogP contribution in [0.4, 0.5) is 6.01 Å². The summed E-state index contributed by atoms with van der Waals surface area (Å²) in [6.45, 7) is 1.80. The molecule has 36 heavy (non-hydrogen) atoms. The van der Waals surface area contributed by atoms with E-state index in [1.54, 1.807) is 49.4 Å². The summed E-state index contributed by atoms with van der Waals surface area (Å²) in [5.74, 6) is -0.312. The van der Waals surface area contributed by atoms with Crippen LogP contribution < -0.4 is 31.7 Å². The lowest BCUT2D eigenvalue weighted by Gasteiger charge is -2.23. The highest BCUT2D eigenvalue weighted by molar-refractivity contribution is 6.13. The molecule has 3 heterocycles.